The molecule has 0 spiro atoms. The molecule has 1 heterocycles. The van der Waals surface area contributed by atoms with Crippen LogP contribution in [0.2, 0.25) is 0 Å². The normalized spacial score (nSPS) is 13.0. The van der Waals surface area contributed by atoms with Gasteiger partial charge in [0.15, 0.2) is 0 Å². The minimum absolute atomic E-state index is 0.0198. The van der Waals surface area contributed by atoms with Crippen molar-refractivity contribution < 1.29 is 18.4 Å². The number of hydrogen-bond acceptors (Lipinski definition) is 2. The van der Waals surface area contributed by atoms with Crippen molar-refractivity contribution in [3.05, 3.63) is 65.2 Å². The summed E-state index contributed by atoms with van der Waals surface area (Å²) in [5, 5.41) is 5.18. The van der Waals surface area contributed by atoms with Gasteiger partial charge in [-0.1, -0.05) is 11.8 Å². The van der Waals surface area contributed by atoms with E-state index in [1.165, 1.54) is 0 Å². The van der Waals surface area contributed by atoms with Crippen LogP contribution in [0.4, 0.5) is 19.3 Å². The van der Waals surface area contributed by atoms with E-state index in [9.17, 15) is 18.4 Å². The Balaban J connectivity index is 1.56. The Morgan fingerprint density at radius 3 is 2.62 bits per heavy atom. The lowest BCUT2D eigenvalue weighted by Crippen LogP contribution is -2.27. The van der Waals surface area contributed by atoms with Gasteiger partial charge in [-0.15, -0.1) is 0 Å². The monoisotopic (exact) mass is 355 g/mol. The van der Waals surface area contributed by atoms with E-state index in [0.717, 1.165) is 23.4 Å². The first-order valence-corrected chi connectivity index (χ1v) is 7.92. The number of nitrogens with zero attached hydrogens (tertiary/aromatic N) is 1. The van der Waals surface area contributed by atoms with Gasteiger partial charge in [-0.25, -0.2) is 13.6 Å². The number of carbonyl (C=O) groups is 2. The van der Waals surface area contributed by atoms with Crippen molar-refractivity contribution in [2.45, 2.75) is 0 Å². The molecule has 1 aliphatic rings. The standard InChI is InChI=1S/C19H15F2N3O2/c20-14-5-8-16(17(21)12-14)18(25)22-9-1-2-13-3-6-15(7-4-13)24-11-10-23-19(24)26/h3-8,12H,9-11H2,(H,22,25)(H,23,26). The Bertz CT molecular complexity index is 901. The fourth-order valence-corrected chi connectivity index (χ4v) is 2.48. The van der Waals surface area contributed by atoms with Crippen LogP contribution in [0, 0.1) is 23.5 Å². The van der Waals surface area contributed by atoms with Crippen LogP contribution in [-0.2, 0) is 0 Å². The highest BCUT2D eigenvalue weighted by Crippen LogP contribution is 2.16. The second kappa shape index (κ2) is 7.66. The van der Waals surface area contributed by atoms with Crippen molar-refractivity contribution in [2.75, 3.05) is 24.5 Å². The Morgan fingerprint density at radius 2 is 1.96 bits per heavy atom. The molecule has 132 valence electrons. The zero-order valence-electron chi connectivity index (χ0n) is 13.7. The maximum atomic E-state index is 13.5. The van der Waals surface area contributed by atoms with Crippen molar-refractivity contribution in [2.24, 2.45) is 0 Å². The second-order valence-electron chi connectivity index (χ2n) is 5.54. The molecule has 0 atom stereocenters. The number of hydrogen-bond donors (Lipinski definition) is 2. The van der Waals surface area contributed by atoms with Gasteiger partial charge in [0.25, 0.3) is 5.91 Å². The molecule has 0 saturated carbocycles. The van der Waals surface area contributed by atoms with E-state index in [1.54, 1.807) is 29.2 Å². The lowest BCUT2D eigenvalue weighted by Gasteiger charge is -2.13. The second-order valence-corrected chi connectivity index (χ2v) is 5.54. The first kappa shape index (κ1) is 17.4. The predicted molar refractivity (Wildman–Crippen MR) is 92.8 cm³/mol. The van der Waals surface area contributed by atoms with Gasteiger partial charge in [0, 0.05) is 30.4 Å². The molecule has 0 unspecified atom stereocenters. The van der Waals surface area contributed by atoms with Gasteiger partial charge >= 0.3 is 6.03 Å². The topological polar surface area (TPSA) is 61.4 Å². The van der Waals surface area contributed by atoms with Crippen LogP contribution in [0.3, 0.4) is 0 Å². The summed E-state index contributed by atoms with van der Waals surface area (Å²) in [5.41, 5.74) is 1.27. The van der Waals surface area contributed by atoms with Gasteiger partial charge in [0.1, 0.15) is 11.6 Å². The molecular weight excluding hydrogens is 340 g/mol. The van der Waals surface area contributed by atoms with Gasteiger partial charge in [0.2, 0.25) is 0 Å². The Morgan fingerprint density at radius 1 is 1.19 bits per heavy atom. The van der Waals surface area contributed by atoms with Crippen LogP contribution in [-0.4, -0.2) is 31.6 Å². The highest BCUT2D eigenvalue weighted by Gasteiger charge is 2.20. The largest absolute Gasteiger partial charge is 0.341 e. The zero-order valence-corrected chi connectivity index (χ0v) is 13.7. The van der Waals surface area contributed by atoms with Crippen molar-refractivity contribution in [1.29, 1.82) is 0 Å². The summed E-state index contributed by atoms with van der Waals surface area (Å²) in [5.74, 6) is 3.30. The van der Waals surface area contributed by atoms with Crippen molar-refractivity contribution in [3.63, 3.8) is 0 Å². The molecule has 2 N–H and O–H groups in total. The Kier molecular flexibility index (Phi) is 5.13. The third-order valence-electron chi connectivity index (χ3n) is 3.78. The summed E-state index contributed by atoms with van der Waals surface area (Å²) in [7, 11) is 0. The van der Waals surface area contributed by atoms with Gasteiger partial charge in [0.05, 0.1) is 12.1 Å². The van der Waals surface area contributed by atoms with Crippen molar-refractivity contribution in [1.82, 2.24) is 10.6 Å². The third kappa shape index (κ3) is 3.98. The van der Waals surface area contributed by atoms with Crippen LogP contribution in [0.1, 0.15) is 15.9 Å². The molecule has 3 rings (SSSR count). The molecule has 0 aromatic heterocycles. The summed E-state index contributed by atoms with van der Waals surface area (Å²) >= 11 is 0. The quantitative estimate of drug-likeness (QED) is 0.830. The van der Waals surface area contributed by atoms with Crippen LogP contribution in [0.5, 0.6) is 0 Å². The average molecular weight is 355 g/mol. The van der Waals surface area contributed by atoms with Crippen molar-refractivity contribution in [3.8, 4) is 11.8 Å². The zero-order chi connectivity index (χ0) is 18.5. The average Bonchev–Trinajstić information content (AvgIpc) is 3.05. The molecule has 3 amide bonds. The van der Waals surface area contributed by atoms with E-state index < -0.39 is 17.5 Å². The van der Waals surface area contributed by atoms with Gasteiger partial charge in [-0.2, -0.15) is 0 Å². The maximum Gasteiger partial charge on any atom is 0.321 e. The fourth-order valence-electron chi connectivity index (χ4n) is 2.48. The van der Waals surface area contributed by atoms with E-state index >= 15 is 0 Å². The Hall–Kier alpha value is -3.40. The van der Waals surface area contributed by atoms with Gasteiger partial charge < -0.3 is 10.6 Å². The fraction of sp³-hybridized carbons (Fsp3) is 0.158. The summed E-state index contributed by atoms with van der Waals surface area (Å²) in [6.07, 6.45) is 0. The maximum absolute atomic E-state index is 13.5. The molecule has 26 heavy (non-hydrogen) atoms. The molecule has 5 nitrogen and oxygen atoms in total. The van der Waals surface area contributed by atoms with Gasteiger partial charge in [-0.3, -0.25) is 9.69 Å². The Labute approximate surface area is 149 Å². The molecule has 1 aliphatic heterocycles. The number of carbonyl (C=O) groups excluding carboxylic acids is 2. The van der Waals surface area contributed by atoms with Crippen molar-refractivity contribution >= 4 is 17.6 Å². The van der Waals surface area contributed by atoms with E-state index in [-0.39, 0.29) is 18.1 Å². The molecule has 1 saturated heterocycles. The van der Waals surface area contributed by atoms with Crippen LogP contribution in [0.25, 0.3) is 0 Å². The smallest absolute Gasteiger partial charge is 0.321 e. The molecule has 7 heteroatoms. The van der Waals surface area contributed by atoms with Crippen LogP contribution >= 0.6 is 0 Å². The summed E-state index contributed by atoms with van der Waals surface area (Å²) in [6.45, 7) is 1.26. The first-order chi connectivity index (χ1) is 12.5. The predicted octanol–water partition coefficient (Wildman–Crippen LogP) is 2.28. The number of benzene rings is 2. The minimum atomic E-state index is -0.919. The minimum Gasteiger partial charge on any atom is -0.341 e. The number of halogens is 2. The van der Waals surface area contributed by atoms with Crippen LogP contribution in [0.15, 0.2) is 42.5 Å². The van der Waals surface area contributed by atoms with Gasteiger partial charge in [-0.05, 0) is 36.4 Å². The molecule has 0 bridgehead atoms. The van der Waals surface area contributed by atoms with E-state index in [2.05, 4.69) is 22.5 Å². The van der Waals surface area contributed by atoms with E-state index in [1.807, 2.05) is 0 Å². The first-order valence-electron chi connectivity index (χ1n) is 7.92. The molecule has 0 aliphatic carbocycles. The lowest BCUT2D eigenvalue weighted by atomic mass is 10.2. The molecular formula is C19H15F2N3O2. The third-order valence-corrected chi connectivity index (χ3v) is 3.78. The molecule has 2 aromatic rings. The van der Waals surface area contributed by atoms with Crippen LogP contribution < -0.4 is 15.5 Å². The number of amides is 3. The molecule has 2 aromatic carbocycles. The summed E-state index contributed by atoms with van der Waals surface area (Å²) < 4.78 is 26.3. The number of anilines is 1. The number of rotatable bonds is 3. The summed E-state index contributed by atoms with van der Waals surface area (Å²) in [6, 6.07) is 9.77. The SMILES string of the molecule is O=C(NCC#Cc1ccc(N2CCNC2=O)cc1)c1ccc(F)cc1F. The number of nitrogens with one attached hydrogen (secondary N) is 2. The lowest BCUT2D eigenvalue weighted by molar-refractivity contribution is 0.0954. The van der Waals surface area contributed by atoms with E-state index in [4.69, 9.17) is 0 Å². The van der Waals surface area contributed by atoms with E-state index in [0.29, 0.717) is 19.2 Å². The summed E-state index contributed by atoms with van der Waals surface area (Å²) in [4.78, 5) is 25.1. The highest BCUT2D eigenvalue weighted by molar-refractivity contribution is 5.95. The highest BCUT2D eigenvalue weighted by atomic mass is 19.1. The number of urea groups is 1. The molecule has 0 radical (unpaired) electrons. The molecule has 1 fully saturated rings.